The van der Waals surface area contributed by atoms with Crippen LogP contribution in [0.2, 0.25) is 0 Å². The molecule has 2 aromatic carbocycles. The zero-order valence-electron chi connectivity index (χ0n) is 22.0. The van der Waals surface area contributed by atoms with E-state index in [4.69, 9.17) is 14.2 Å². The summed E-state index contributed by atoms with van der Waals surface area (Å²) in [6.45, 7) is 5.61. The Morgan fingerprint density at radius 1 is 1.00 bits per heavy atom. The normalized spacial score (nSPS) is 15.5. The second kappa shape index (κ2) is 12.2. The quantitative estimate of drug-likeness (QED) is 0.456. The molecule has 6 nitrogen and oxygen atoms in total. The Kier molecular flexibility index (Phi) is 9.35. The van der Waals surface area contributed by atoms with E-state index in [0.717, 1.165) is 54.4 Å². The fourth-order valence-electron chi connectivity index (χ4n) is 4.22. The molecule has 1 amide bonds. The van der Waals surface area contributed by atoms with Gasteiger partial charge in [0.05, 0.1) is 20.6 Å². The number of hydrogen-bond acceptors (Lipinski definition) is 5. The smallest absolute Gasteiger partial charge is 0.407 e. The first kappa shape index (κ1) is 27.5. The second-order valence-electron chi connectivity index (χ2n) is 10.4. The molecule has 4 rings (SSSR count). The van der Waals surface area contributed by atoms with Gasteiger partial charge in [-0.2, -0.15) is 0 Å². The van der Waals surface area contributed by atoms with Gasteiger partial charge in [-0.15, -0.1) is 0 Å². The third kappa shape index (κ3) is 7.45. The molecule has 0 radical (unpaired) electrons. The van der Waals surface area contributed by atoms with Gasteiger partial charge in [0, 0.05) is 11.6 Å². The topological polar surface area (TPSA) is 73.9 Å². The first-order valence-electron chi connectivity index (χ1n) is 12.6. The van der Waals surface area contributed by atoms with E-state index in [9.17, 15) is 14.0 Å². The van der Waals surface area contributed by atoms with Crippen LogP contribution in [-0.2, 0) is 20.7 Å². The minimum absolute atomic E-state index is 0.169. The van der Waals surface area contributed by atoms with E-state index < -0.39 is 0 Å². The molecule has 7 heteroatoms. The molecule has 36 heavy (non-hydrogen) atoms. The van der Waals surface area contributed by atoms with Crippen LogP contribution in [0.4, 0.5) is 9.18 Å². The summed E-state index contributed by atoms with van der Waals surface area (Å²) < 4.78 is 29.8. The van der Waals surface area contributed by atoms with Crippen LogP contribution in [0, 0.1) is 5.82 Å². The molecule has 0 aromatic heterocycles. The highest BCUT2D eigenvalue weighted by molar-refractivity contribution is 5.78. The summed E-state index contributed by atoms with van der Waals surface area (Å²) in [6, 6.07) is 11.1. The zero-order valence-corrected chi connectivity index (χ0v) is 22.0. The van der Waals surface area contributed by atoms with Gasteiger partial charge in [-0.25, -0.2) is 9.18 Å². The lowest BCUT2D eigenvalue weighted by Crippen LogP contribution is -2.42. The summed E-state index contributed by atoms with van der Waals surface area (Å²) in [5.41, 5.74) is 2.87. The first-order chi connectivity index (χ1) is 17.1. The average Bonchev–Trinajstić information content (AvgIpc) is 2.75. The summed E-state index contributed by atoms with van der Waals surface area (Å²) in [5, 5.41) is 2.81. The predicted octanol–water partition coefficient (Wildman–Crippen LogP) is 6.55. The average molecular weight is 500 g/mol. The lowest BCUT2D eigenvalue weighted by molar-refractivity contribution is -0.139. The fraction of sp³-hybridized carbons (Fsp3) is 0.517. The van der Waals surface area contributed by atoms with E-state index in [1.165, 1.54) is 19.6 Å². The summed E-state index contributed by atoms with van der Waals surface area (Å²) in [4.78, 5) is 22.7. The number of rotatable bonds is 6. The van der Waals surface area contributed by atoms with Crippen LogP contribution in [0.3, 0.4) is 0 Å². The van der Waals surface area contributed by atoms with E-state index in [1.807, 2.05) is 45.0 Å². The number of benzene rings is 2. The Morgan fingerprint density at radius 3 is 2.22 bits per heavy atom. The highest BCUT2D eigenvalue weighted by atomic mass is 19.1. The number of amides is 1. The van der Waals surface area contributed by atoms with Crippen molar-refractivity contribution in [3.05, 3.63) is 53.3 Å². The summed E-state index contributed by atoms with van der Waals surface area (Å²) >= 11 is 0. The molecule has 0 atom stereocenters. The Morgan fingerprint density at radius 2 is 1.69 bits per heavy atom. The molecular weight excluding hydrogens is 461 g/mol. The molecule has 2 saturated carbocycles. The number of methoxy groups -OCH3 is 2. The van der Waals surface area contributed by atoms with Crippen LogP contribution in [0.25, 0.3) is 11.1 Å². The molecule has 0 spiro atoms. The number of alkyl carbamates (subject to hydrolysis) is 1. The van der Waals surface area contributed by atoms with E-state index in [2.05, 4.69) is 5.32 Å². The van der Waals surface area contributed by atoms with Crippen molar-refractivity contribution in [1.29, 1.82) is 0 Å². The lowest BCUT2D eigenvalue weighted by Gasteiger charge is -2.29. The van der Waals surface area contributed by atoms with Crippen molar-refractivity contribution in [2.75, 3.05) is 14.2 Å². The maximum atomic E-state index is 14.5. The molecule has 0 saturated heterocycles. The largest absolute Gasteiger partial charge is 0.496 e. The van der Waals surface area contributed by atoms with Gasteiger partial charge in [-0.3, -0.25) is 4.79 Å². The second-order valence-corrected chi connectivity index (χ2v) is 10.4. The minimum Gasteiger partial charge on any atom is -0.496 e. The molecule has 2 aromatic rings. The molecule has 0 heterocycles. The summed E-state index contributed by atoms with van der Waals surface area (Å²) in [5.74, 6) is 0.465. The van der Waals surface area contributed by atoms with Crippen molar-refractivity contribution < 1.29 is 28.2 Å². The Hall–Kier alpha value is -3.09. The van der Waals surface area contributed by atoms with Crippen molar-refractivity contribution in [2.24, 2.45) is 0 Å². The molecule has 196 valence electrons. The SMILES string of the molecule is CC(C)(C)OC(=O)NC1CCC1.COC(=O)Cc1ccc(OC)c(-c2cccc(F)c2C2CCC2)c1. The van der Waals surface area contributed by atoms with Gasteiger partial charge in [0.15, 0.2) is 0 Å². The minimum atomic E-state index is -0.381. The van der Waals surface area contributed by atoms with Gasteiger partial charge in [0.2, 0.25) is 0 Å². The molecule has 0 aliphatic heterocycles. The zero-order chi connectivity index (χ0) is 26.3. The van der Waals surface area contributed by atoms with Gasteiger partial charge < -0.3 is 19.5 Å². The maximum Gasteiger partial charge on any atom is 0.407 e. The number of esters is 1. The highest BCUT2D eigenvalue weighted by Crippen LogP contribution is 2.44. The van der Waals surface area contributed by atoms with E-state index >= 15 is 0 Å². The number of ether oxygens (including phenoxy) is 3. The van der Waals surface area contributed by atoms with Gasteiger partial charge in [-0.05, 0) is 93.7 Å². The summed E-state index contributed by atoms with van der Waals surface area (Å²) in [6.07, 6.45) is 6.47. The fourth-order valence-corrected chi connectivity index (χ4v) is 4.22. The van der Waals surface area contributed by atoms with E-state index in [-0.39, 0.29) is 35.8 Å². The van der Waals surface area contributed by atoms with Crippen molar-refractivity contribution in [3.63, 3.8) is 0 Å². The molecule has 2 fully saturated rings. The number of carbonyl (C=O) groups excluding carboxylic acids is 2. The molecule has 2 aliphatic rings. The van der Waals surface area contributed by atoms with Crippen molar-refractivity contribution in [1.82, 2.24) is 5.32 Å². The van der Waals surface area contributed by atoms with Gasteiger partial charge in [0.25, 0.3) is 0 Å². The van der Waals surface area contributed by atoms with Crippen LogP contribution in [0.5, 0.6) is 5.75 Å². The molecule has 2 aliphatic carbocycles. The van der Waals surface area contributed by atoms with Crippen LogP contribution >= 0.6 is 0 Å². The lowest BCUT2D eigenvalue weighted by atomic mass is 9.76. The number of carbonyl (C=O) groups is 2. The van der Waals surface area contributed by atoms with Crippen LogP contribution in [0.15, 0.2) is 36.4 Å². The maximum absolute atomic E-state index is 14.5. The first-order valence-corrected chi connectivity index (χ1v) is 12.6. The van der Waals surface area contributed by atoms with Gasteiger partial charge in [-0.1, -0.05) is 24.6 Å². The molecule has 0 bridgehead atoms. The van der Waals surface area contributed by atoms with Crippen molar-refractivity contribution in [2.45, 2.75) is 83.3 Å². The van der Waals surface area contributed by atoms with Crippen LogP contribution < -0.4 is 10.1 Å². The Bertz CT molecular complexity index is 1050. The predicted molar refractivity (Wildman–Crippen MR) is 138 cm³/mol. The number of hydrogen-bond donors (Lipinski definition) is 1. The summed E-state index contributed by atoms with van der Waals surface area (Å²) in [7, 11) is 2.97. The van der Waals surface area contributed by atoms with E-state index in [1.54, 1.807) is 13.2 Å². The van der Waals surface area contributed by atoms with Crippen molar-refractivity contribution in [3.8, 4) is 16.9 Å². The van der Waals surface area contributed by atoms with Gasteiger partial charge in [0.1, 0.15) is 17.2 Å². The third-order valence-corrected chi connectivity index (χ3v) is 6.52. The van der Waals surface area contributed by atoms with Crippen molar-refractivity contribution >= 4 is 12.1 Å². The Balaban J connectivity index is 0.000000253. The molecule has 1 N–H and O–H groups in total. The standard InChI is InChI=1S/C20H21FO3.C9H17NO2/c1-23-18-10-9-13(12-19(22)24-2)11-16(18)15-7-4-8-17(21)20(15)14-5-3-6-14;1-9(2,3)12-8(11)10-7-5-4-6-7/h4,7-11,14H,3,5-6,12H2,1-2H3;7H,4-6H2,1-3H3,(H,10,11). The number of halogens is 1. The van der Waals surface area contributed by atoms with Crippen LogP contribution in [0.1, 0.15) is 76.3 Å². The van der Waals surface area contributed by atoms with Gasteiger partial charge >= 0.3 is 12.1 Å². The monoisotopic (exact) mass is 499 g/mol. The number of nitrogens with one attached hydrogen (secondary N) is 1. The Labute approximate surface area is 213 Å². The van der Waals surface area contributed by atoms with E-state index in [0.29, 0.717) is 11.8 Å². The molecular formula is C29H38FNO5. The van der Waals surface area contributed by atoms with Crippen LogP contribution in [-0.4, -0.2) is 37.9 Å². The highest BCUT2D eigenvalue weighted by Gasteiger charge is 2.27. The third-order valence-electron chi connectivity index (χ3n) is 6.52. The molecule has 0 unspecified atom stereocenters.